The second kappa shape index (κ2) is 6.44. The van der Waals surface area contributed by atoms with Crippen molar-refractivity contribution in [3.8, 4) is 0 Å². The number of aliphatic hydroxyl groups is 4. The number of rotatable bonds is 4. The quantitative estimate of drug-likeness (QED) is 0.451. The fraction of sp³-hybridized carbons (Fsp3) is 0.909. The van der Waals surface area contributed by atoms with E-state index in [1.54, 1.807) is 13.8 Å². The minimum Gasteiger partial charge on any atom is -0.463 e. The molecule has 0 aromatic heterocycles. The van der Waals surface area contributed by atoms with E-state index in [9.17, 15) is 20.1 Å². The van der Waals surface area contributed by atoms with E-state index in [1.807, 2.05) is 0 Å². The highest BCUT2D eigenvalue weighted by molar-refractivity contribution is 5.70. The third-order valence-corrected chi connectivity index (χ3v) is 2.80. The van der Waals surface area contributed by atoms with Gasteiger partial charge in [-0.05, 0) is 13.8 Å². The van der Waals surface area contributed by atoms with Crippen molar-refractivity contribution in [1.29, 1.82) is 0 Å². The lowest BCUT2D eigenvalue weighted by Gasteiger charge is -2.39. The molecule has 1 aliphatic rings. The molecule has 1 fully saturated rings. The summed E-state index contributed by atoms with van der Waals surface area (Å²) < 4.78 is 9.81. The van der Waals surface area contributed by atoms with Crippen LogP contribution in [0.4, 0.5) is 0 Å². The Hall–Kier alpha value is -0.730. The Balaban J connectivity index is 2.62. The number of hydrogen-bond acceptors (Lipinski definition) is 7. The topological polar surface area (TPSA) is 116 Å². The van der Waals surface area contributed by atoms with Gasteiger partial charge in [0.2, 0.25) is 0 Å². The molecule has 7 nitrogen and oxygen atoms in total. The predicted molar refractivity (Wildman–Crippen MR) is 59.3 cm³/mol. The fourth-order valence-electron chi connectivity index (χ4n) is 1.88. The second-order valence-corrected chi connectivity index (χ2v) is 4.64. The van der Waals surface area contributed by atoms with Crippen LogP contribution in [0.15, 0.2) is 0 Å². The maximum atomic E-state index is 11.4. The van der Waals surface area contributed by atoms with Crippen molar-refractivity contribution in [3.63, 3.8) is 0 Å². The Morgan fingerprint density at radius 1 is 1.28 bits per heavy atom. The van der Waals surface area contributed by atoms with Crippen LogP contribution in [0.3, 0.4) is 0 Å². The number of esters is 1. The number of hydrogen-bond donors (Lipinski definition) is 4. The molecule has 4 N–H and O–H groups in total. The number of ether oxygens (including phenoxy) is 2. The molecule has 0 aromatic rings. The third-order valence-electron chi connectivity index (χ3n) is 2.80. The van der Waals surface area contributed by atoms with Crippen LogP contribution in [0.2, 0.25) is 0 Å². The summed E-state index contributed by atoms with van der Waals surface area (Å²) in [6.45, 7) is 2.83. The van der Waals surface area contributed by atoms with Gasteiger partial charge < -0.3 is 29.9 Å². The molecule has 0 saturated carbocycles. The van der Waals surface area contributed by atoms with Gasteiger partial charge in [-0.3, -0.25) is 4.79 Å². The van der Waals surface area contributed by atoms with Gasteiger partial charge in [0, 0.05) is 5.92 Å². The Kier molecular flexibility index (Phi) is 5.48. The molecule has 18 heavy (non-hydrogen) atoms. The molecule has 5 atom stereocenters. The highest BCUT2D eigenvalue weighted by Crippen LogP contribution is 2.27. The predicted octanol–water partition coefficient (Wildman–Crippen LogP) is -1.62. The average Bonchev–Trinajstić information content (AvgIpc) is 2.28. The van der Waals surface area contributed by atoms with E-state index in [0.717, 1.165) is 0 Å². The first-order chi connectivity index (χ1) is 8.36. The van der Waals surface area contributed by atoms with Crippen molar-refractivity contribution in [2.45, 2.75) is 51.0 Å². The zero-order chi connectivity index (χ0) is 13.9. The van der Waals surface area contributed by atoms with Gasteiger partial charge in [0.05, 0.1) is 25.2 Å². The highest BCUT2D eigenvalue weighted by atomic mass is 16.6. The lowest BCUT2D eigenvalue weighted by atomic mass is 9.88. The first-order valence-electron chi connectivity index (χ1n) is 5.86. The molecule has 1 unspecified atom stereocenters. The first-order valence-corrected chi connectivity index (χ1v) is 5.86. The molecule has 0 aliphatic carbocycles. The van der Waals surface area contributed by atoms with E-state index in [1.165, 1.54) is 0 Å². The zero-order valence-electron chi connectivity index (χ0n) is 10.4. The lowest BCUT2D eigenvalue weighted by molar-refractivity contribution is -0.271. The standard InChI is InChI=1S/C11H20O7/c1-5(2)17-8(13)3-6-9(14)10(15)7(4-12)18-11(6)16/h5-7,9-12,14-16H,3-4H2,1-2H3/t6-,7-,9-,10-,11?/m1/s1. The van der Waals surface area contributed by atoms with Crippen LogP contribution in [0.5, 0.6) is 0 Å². The summed E-state index contributed by atoms with van der Waals surface area (Å²) in [5.74, 6) is -1.57. The van der Waals surface area contributed by atoms with Gasteiger partial charge in [0.15, 0.2) is 6.29 Å². The number of carbonyl (C=O) groups excluding carboxylic acids is 1. The smallest absolute Gasteiger partial charge is 0.306 e. The molecule has 7 heteroatoms. The van der Waals surface area contributed by atoms with Crippen LogP contribution in [0, 0.1) is 5.92 Å². The van der Waals surface area contributed by atoms with Crippen LogP contribution >= 0.6 is 0 Å². The van der Waals surface area contributed by atoms with E-state index in [0.29, 0.717) is 0 Å². The minimum atomic E-state index is -1.43. The monoisotopic (exact) mass is 264 g/mol. The van der Waals surface area contributed by atoms with E-state index in [4.69, 9.17) is 14.6 Å². The van der Waals surface area contributed by atoms with Crippen molar-refractivity contribution in [2.75, 3.05) is 6.61 Å². The fourth-order valence-corrected chi connectivity index (χ4v) is 1.88. The van der Waals surface area contributed by atoms with Crippen LogP contribution in [-0.4, -0.2) is 63.7 Å². The second-order valence-electron chi connectivity index (χ2n) is 4.64. The van der Waals surface area contributed by atoms with Crippen molar-refractivity contribution < 1.29 is 34.7 Å². The molecule has 106 valence electrons. The lowest BCUT2D eigenvalue weighted by Crippen LogP contribution is -2.56. The van der Waals surface area contributed by atoms with E-state index in [-0.39, 0.29) is 12.5 Å². The van der Waals surface area contributed by atoms with E-state index < -0.39 is 43.1 Å². The van der Waals surface area contributed by atoms with Crippen LogP contribution in [0.25, 0.3) is 0 Å². The molecule has 0 bridgehead atoms. The van der Waals surface area contributed by atoms with Crippen molar-refractivity contribution in [3.05, 3.63) is 0 Å². The van der Waals surface area contributed by atoms with Gasteiger partial charge in [-0.2, -0.15) is 0 Å². The number of aliphatic hydroxyl groups excluding tert-OH is 4. The van der Waals surface area contributed by atoms with Gasteiger partial charge in [-0.1, -0.05) is 0 Å². The Morgan fingerprint density at radius 3 is 2.39 bits per heavy atom. The average molecular weight is 264 g/mol. The summed E-state index contributed by atoms with van der Waals surface area (Å²) in [6.07, 6.45) is -5.77. The van der Waals surface area contributed by atoms with Crippen molar-refractivity contribution in [2.24, 2.45) is 5.92 Å². The van der Waals surface area contributed by atoms with Gasteiger partial charge in [-0.25, -0.2) is 0 Å². The molecular formula is C11H20O7. The minimum absolute atomic E-state index is 0.268. The summed E-state index contributed by atoms with van der Waals surface area (Å²) >= 11 is 0. The first kappa shape index (κ1) is 15.3. The van der Waals surface area contributed by atoms with Crippen molar-refractivity contribution in [1.82, 2.24) is 0 Å². The molecular weight excluding hydrogens is 244 g/mol. The van der Waals surface area contributed by atoms with E-state index in [2.05, 4.69) is 0 Å². The highest BCUT2D eigenvalue weighted by Gasteiger charge is 2.44. The van der Waals surface area contributed by atoms with Gasteiger partial charge >= 0.3 is 5.97 Å². The maximum Gasteiger partial charge on any atom is 0.306 e. The summed E-state index contributed by atoms with van der Waals surface area (Å²) in [5.41, 5.74) is 0. The summed E-state index contributed by atoms with van der Waals surface area (Å²) in [6, 6.07) is 0. The molecule has 0 amide bonds. The zero-order valence-corrected chi connectivity index (χ0v) is 10.4. The maximum absolute atomic E-state index is 11.4. The summed E-state index contributed by atoms with van der Waals surface area (Å²) in [5, 5.41) is 37.9. The Bertz CT molecular complexity index is 281. The van der Waals surface area contributed by atoms with Crippen molar-refractivity contribution >= 4 is 5.97 Å². The molecule has 0 radical (unpaired) electrons. The van der Waals surface area contributed by atoms with Crippen LogP contribution in [0.1, 0.15) is 20.3 Å². The Labute approximate surface area is 105 Å². The molecule has 0 spiro atoms. The largest absolute Gasteiger partial charge is 0.463 e. The van der Waals surface area contributed by atoms with E-state index >= 15 is 0 Å². The van der Waals surface area contributed by atoms with Gasteiger partial charge in [0.25, 0.3) is 0 Å². The molecule has 1 aliphatic heterocycles. The third kappa shape index (κ3) is 3.63. The van der Waals surface area contributed by atoms with Crippen LogP contribution in [-0.2, 0) is 14.3 Å². The Morgan fingerprint density at radius 2 is 1.89 bits per heavy atom. The molecule has 1 heterocycles. The van der Waals surface area contributed by atoms with Crippen LogP contribution < -0.4 is 0 Å². The normalized spacial score (nSPS) is 36.7. The van der Waals surface area contributed by atoms with Gasteiger partial charge in [-0.15, -0.1) is 0 Å². The summed E-state index contributed by atoms with van der Waals surface area (Å²) in [4.78, 5) is 11.4. The SMILES string of the molecule is CC(C)OC(=O)C[C@H]1C(O)O[C@H](CO)[C@@H](O)[C@@H]1O. The molecule has 0 aromatic carbocycles. The van der Waals surface area contributed by atoms with Gasteiger partial charge in [0.1, 0.15) is 12.2 Å². The summed E-state index contributed by atoms with van der Waals surface area (Å²) in [7, 11) is 0. The number of carbonyl (C=O) groups is 1. The molecule has 1 rings (SSSR count). The molecule has 1 saturated heterocycles.